The molecule has 1 amide bonds. The van der Waals surface area contributed by atoms with Crippen molar-refractivity contribution >= 4 is 17.5 Å². The zero-order chi connectivity index (χ0) is 11.5. The summed E-state index contributed by atoms with van der Waals surface area (Å²) in [4.78, 5) is 28.0. The van der Waals surface area contributed by atoms with E-state index < -0.39 is 0 Å². The molecule has 0 bridgehead atoms. The number of pyridine rings is 1. The standard InChI is InChI=1S/C11H13ClN2O2/c12-6-8-2-1-5-14(8)11(16)9-7-13-4-3-10(9)15/h3-4,7-8H,1-2,5-6H2,(H,13,15). The number of rotatable bonds is 2. The van der Waals surface area contributed by atoms with Gasteiger partial charge in [-0.25, -0.2) is 0 Å². The van der Waals surface area contributed by atoms with Gasteiger partial charge in [-0.2, -0.15) is 0 Å². The first kappa shape index (κ1) is 11.2. The number of carbonyl (C=O) groups excluding carboxylic acids is 1. The normalized spacial score (nSPS) is 20.1. The van der Waals surface area contributed by atoms with Gasteiger partial charge in [-0.15, -0.1) is 11.6 Å². The molecule has 0 saturated carbocycles. The lowest BCUT2D eigenvalue weighted by atomic mass is 10.2. The third kappa shape index (κ3) is 1.97. The topological polar surface area (TPSA) is 53.2 Å². The zero-order valence-corrected chi connectivity index (χ0v) is 9.54. The van der Waals surface area contributed by atoms with Gasteiger partial charge in [-0.05, 0) is 12.8 Å². The van der Waals surface area contributed by atoms with Crippen molar-refractivity contribution in [1.82, 2.24) is 9.88 Å². The molecule has 0 radical (unpaired) electrons. The van der Waals surface area contributed by atoms with Crippen LogP contribution in [0.5, 0.6) is 0 Å². The van der Waals surface area contributed by atoms with Crippen LogP contribution in [0.3, 0.4) is 0 Å². The smallest absolute Gasteiger partial charge is 0.259 e. The van der Waals surface area contributed by atoms with E-state index in [1.54, 1.807) is 4.90 Å². The average molecular weight is 241 g/mol. The van der Waals surface area contributed by atoms with Crippen LogP contribution < -0.4 is 5.43 Å². The lowest BCUT2D eigenvalue weighted by Gasteiger charge is -2.22. The Hall–Kier alpha value is -1.29. The summed E-state index contributed by atoms with van der Waals surface area (Å²) in [6.45, 7) is 0.685. The molecule has 86 valence electrons. The second-order valence-corrected chi connectivity index (χ2v) is 4.18. The fraction of sp³-hybridized carbons (Fsp3) is 0.455. The number of aromatic nitrogens is 1. The molecule has 16 heavy (non-hydrogen) atoms. The highest BCUT2D eigenvalue weighted by atomic mass is 35.5. The minimum atomic E-state index is -0.246. The third-order valence-corrected chi connectivity index (χ3v) is 3.23. The average Bonchev–Trinajstić information content (AvgIpc) is 2.77. The van der Waals surface area contributed by atoms with Crippen LogP contribution in [0.15, 0.2) is 23.3 Å². The van der Waals surface area contributed by atoms with Crippen molar-refractivity contribution < 1.29 is 4.79 Å². The molecular formula is C11H13ClN2O2. The van der Waals surface area contributed by atoms with Crippen LogP contribution in [0.1, 0.15) is 23.2 Å². The minimum Gasteiger partial charge on any atom is -0.367 e. The molecule has 4 nitrogen and oxygen atoms in total. The third-order valence-electron chi connectivity index (χ3n) is 2.87. The molecule has 1 aromatic rings. The molecule has 1 unspecified atom stereocenters. The van der Waals surface area contributed by atoms with Crippen LogP contribution in [0.2, 0.25) is 0 Å². The predicted octanol–water partition coefficient (Wildman–Crippen LogP) is 1.22. The maximum Gasteiger partial charge on any atom is 0.259 e. The number of hydrogen-bond donors (Lipinski definition) is 1. The van der Waals surface area contributed by atoms with Gasteiger partial charge in [0.05, 0.1) is 0 Å². The van der Waals surface area contributed by atoms with Crippen LogP contribution in [-0.4, -0.2) is 34.3 Å². The molecule has 1 aliphatic heterocycles. The van der Waals surface area contributed by atoms with Crippen LogP contribution in [0.25, 0.3) is 0 Å². The van der Waals surface area contributed by atoms with Crippen molar-refractivity contribution in [3.05, 3.63) is 34.2 Å². The quantitative estimate of drug-likeness (QED) is 0.791. The predicted molar refractivity (Wildman–Crippen MR) is 61.8 cm³/mol. The lowest BCUT2D eigenvalue weighted by Crippen LogP contribution is -2.38. The van der Waals surface area contributed by atoms with Gasteiger partial charge >= 0.3 is 0 Å². The number of nitrogens with one attached hydrogen (secondary N) is 1. The summed E-state index contributed by atoms with van der Waals surface area (Å²) in [6, 6.07) is 1.42. The number of alkyl halides is 1. The molecule has 1 atom stereocenters. The van der Waals surface area contributed by atoms with E-state index in [-0.39, 0.29) is 22.9 Å². The number of halogens is 1. The van der Waals surface area contributed by atoms with Crippen molar-refractivity contribution in [2.24, 2.45) is 0 Å². The molecule has 2 heterocycles. The minimum absolute atomic E-state index is 0.0637. The van der Waals surface area contributed by atoms with E-state index >= 15 is 0 Å². The number of H-pyrrole nitrogens is 1. The van der Waals surface area contributed by atoms with E-state index in [4.69, 9.17) is 11.6 Å². The molecule has 0 spiro atoms. The number of aromatic amines is 1. The van der Waals surface area contributed by atoms with E-state index in [0.717, 1.165) is 12.8 Å². The summed E-state index contributed by atoms with van der Waals surface area (Å²) >= 11 is 5.79. The Morgan fingerprint density at radius 3 is 3.12 bits per heavy atom. The van der Waals surface area contributed by atoms with E-state index in [1.807, 2.05) is 0 Å². The number of amides is 1. The van der Waals surface area contributed by atoms with Crippen molar-refractivity contribution in [3.63, 3.8) is 0 Å². The van der Waals surface area contributed by atoms with Gasteiger partial charge in [0.2, 0.25) is 0 Å². The number of nitrogens with zero attached hydrogens (tertiary/aromatic N) is 1. The summed E-state index contributed by atoms with van der Waals surface area (Å²) < 4.78 is 0. The van der Waals surface area contributed by atoms with Gasteiger partial charge in [0.15, 0.2) is 5.43 Å². The highest BCUT2D eigenvalue weighted by Crippen LogP contribution is 2.19. The second-order valence-electron chi connectivity index (χ2n) is 3.87. The SMILES string of the molecule is O=C(c1c[nH]ccc1=O)N1CCCC1CCl. The van der Waals surface area contributed by atoms with E-state index in [1.165, 1.54) is 18.5 Å². The summed E-state index contributed by atoms with van der Waals surface area (Å²) in [7, 11) is 0. The van der Waals surface area contributed by atoms with E-state index in [0.29, 0.717) is 12.4 Å². The maximum atomic E-state index is 12.1. The Bertz CT molecular complexity index is 444. The molecule has 1 aromatic heterocycles. The van der Waals surface area contributed by atoms with Crippen LogP contribution >= 0.6 is 11.6 Å². The van der Waals surface area contributed by atoms with Gasteiger partial charge in [-0.1, -0.05) is 0 Å². The van der Waals surface area contributed by atoms with Gasteiger partial charge < -0.3 is 9.88 Å². The first-order valence-electron chi connectivity index (χ1n) is 5.28. The number of carbonyl (C=O) groups is 1. The highest BCUT2D eigenvalue weighted by molar-refractivity contribution is 6.18. The molecule has 1 fully saturated rings. The molecule has 1 saturated heterocycles. The largest absolute Gasteiger partial charge is 0.367 e. The molecule has 0 aliphatic carbocycles. The van der Waals surface area contributed by atoms with Gasteiger partial charge in [-0.3, -0.25) is 9.59 Å². The van der Waals surface area contributed by atoms with Crippen LogP contribution in [0, 0.1) is 0 Å². The van der Waals surface area contributed by atoms with Gasteiger partial charge in [0.1, 0.15) is 5.56 Å². The fourth-order valence-corrected chi connectivity index (χ4v) is 2.32. The first-order chi connectivity index (χ1) is 7.74. The number of hydrogen-bond acceptors (Lipinski definition) is 2. The lowest BCUT2D eigenvalue weighted by molar-refractivity contribution is 0.0747. The molecule has 5 heteroatoms. The van der Waals surface area contributed by atoms with Crippen molar-refractivity contribution in [1.29, 1.82) is 0 Å². The molecule has 2 rings (SSSR count). The van der Waals surface area contributed by atoms with Crippen LogP contribution in [-0.2, 0) is 0 Å². The van der Waals surface area contributed by atoms with E-state index in [9.17, 15) is 9.59 Å². The summed E-state index contributed by atoms with van der Waals surface area (Å²) in [5.74, 6) is 0.209. The van der Waals surface area contributed by atoms with Crippen molar-refractivity contribution in [2.45, 2.75) is 18.9 Å². The zero-order valence-electron chi connectivity index (χ0n) is 8.78. The maximum absolute atomic E-state index is 12.1. The number of likely N-dealkylation sites (tertiary alicyclic amines) is 1. The highest BCUT2D eigenvalue weighted by Gasteiger charge is 2.29. The Kier molecular flexibility index (Phi) is 3.29. The Labute approximate surface area is 98.2 Å². The monoisotopic (exact) mass is 240 g/mol. The summed E-state index contributed by atoms with van der Waals surface area (Å²) in [5, 5.41) is 0. The Morgan fingerprint density at radius 2 is 2.44 bits per heavy atom. The molecule has 1 N–H and O–H groups in total. The Balaban J connectivity index is 2.26. The van der Waals surface area contributed by atoms with Gasteiger partial charge in [0.25, 0.3) is 5.91 Å². The second kappa shape index (κ2) is 4.70. The molecular weight excluding hydrogens is 228 g/mol. The van der Waals surface area contributed by atoms with Crippen molar-refractivity contribution in [3.8, 4) is 0 Å². The first-order valence-corrected chi connectivity index (χ1v) is 5.81. The molecule has 0 aromatic carbocycles. The van der Waals surface area contributed by atoms with Crippen LogP contribution in [0.4, 0.5) is 0 Å². The summed E-state index contributed by atoms with van der Waals surface area (Å²) in [5.41, 5.74) is -0.0523. The Morgan fingerprint density at radius 1 is 1.62 bits per heavy atom. The molecule has 1 aliphatic rings. The van der Waals surface area contributed by atoms with Crippen molar-refractivity contribution in [2.75, 3.05) is 12.4 Å². The fourth-order valence-electron chi connectivity index (χ4n) is 2.00. The van der Waals surface area contributed by atoms with Gasteiger partial charge in [0, 0.05) is 36.9 Å². The summed E-state index contributed by atoms with van der Waals surface area (Å²) in [6.07, 6.45) is 4.84. The van der Waals surface area contributed by atoms with E-state index in [2.05, 4.69) is 4.98 Å².